The normalized spacial score (nSPS) is 18.9. The molecule has 1 amide bonds. The minimum Gasteiger partial charge on any atom is -0.370 e. The molecule has 186 valence electrons. The highest BCUT2D eigenvalue weighted by Crippen LogP contribution is 2.50. The molecule has 1 fully saturated rings. The Labute approximate surface area is 210 Å². The van der Waals surface area contributed by atoms with Crippen LogP contribution in [0.4, 0.5) is 23.2 Å². The van der Waals surface area contributed by atoms with Gasteiger partial charge in [0.25, 0.3) is 0 Å². The number of carbonyl (C=O) groups is 1. The number of rotatable bonds is 6. The molecule has 1 saturated heterocycles. The number of hydrogen-bond donors (Lipinski definition) is 0. The summed E-state index contributed by atoms with van der Waals surface area (Å²) < 4.78 is 57.9. The van der Waals surface area contributed by atoms with E-state index in [1.165, 1.54) is 29.2 Å². The number of hydroxylamine groups is 2. The summed E-state index contributed by atoms with van der Waals surface area (Å²) >= 11 is 17.9. The molecule has 0 radical (unpaired) electrons. The average Bonchev–Trinajstić information content (AvgIpc) is 3.18. The Kier molecular flexibility index (Phi) is 7.68. The lowest BCUT2D eigenvalue weighted by molar-refractivity contribution is -0.220. The van der Waals surface area contributed by atoms with Crippen molar-refractivity contribution in [2.24, 2.45) is 0 Å². The zero-order chi connectivity index (χ0) is 25.5. The first kappa shape index (κ1) is 26.9. The van der Waals surface area contributed by atoms with Crippen LogP contribution in [0.5, 0.6) is 0 Å². The standard InChI is InChI=1S/C23H23Cl3F4N2O2/c1-21(2,3)34-32(13-33)11-14-4-5-16(10-19(14)27)31-7-6-22(12-31,23(28,29)30)15-8-17(24)20(26)18(25)9-15/h4-5,8-10,13H,6-7,11-12H2,1-3H3/t22-/m1/s1. The highest BCUT2D eigenvalue weighted by atomic mass is 35.5. The predicted molar refractivity (Wildman–Crippen MR) is 125 cm³/mol. The number of hydrogen-bond acceptors (Lipinski definition) is 3. The first-order valence-corrected chi connectivity index (χ1v) is 11.5. The second kappa shape index (κ2) is 9.72. The van der Waals surface area contributed by atoms with E-state index < -0.39 is 29.6 Å². The number of benzene rings is 2. The van der Waals surface area contributed by atoms with Gasteiger partial charge in [-0.05, 0) is 57.0 Å². The van der Waals surface area contributed by atoms with Crippen LogP contribution in [-0.2, 0) is 21.6 Å². The molecule has 3 rings (SSSR count). The number of nitrogens with zero attached hydrogens (tertiary/aromatic N) is 2. The molecule has 0 saturated carbocycles. The molecule has 0 bridgehead atoms. The highest BCUT2D eigenvalue weighted by molar-refractivity contribution is 6.48. The number of carbonyl (C=O) groups excluding carboxylic acids is 1. The third-order valence-electron chi connectivity index (χ3n) is 5.58. The van der Waals surface area contributed by atoms with Gasteiger partial charge < -0.3 is 4.90 Å². The van der Waals surface area contributed by atoms with E-state index in [1.807, 2.05) is 0 Å². The molecular formula is C23H23Cl3F4N2O2. The van der Waals surface area contributed by atoms with Crippen LogP contribution < -0.4 is 4.90 Å². The summed E-state index contributed by atoms with van der Waals surface area (Å²) in [6.07, 6.45) is -4.44. The summed E-state index contributed by atoms with van der Waals surface area (Å²) in [7, 11) is 0. The molecule has 1 aliphatic heterocycles. The largest absolute Gasteiger partial charge is 0.400 e. The zero-order valence-electron chi connectivity index (χ0n) is 18.6. The number of amides is 1. The minimum atomic E-state index is -4.62. The van der Waals surface area contributed by atoms with Gasteiger partial charge in [0.05, 0.1) is 27.2 Å². The van der Waals surface area contributed by atoms with Crippen LogP contribution in [0.25, 0.3) is 0 Å². The van der Waals surface area contributed by atoms with Crippen molar-refractivity contribution in [3.63, 3.8) is 0 Å². The second-order valence-corrected chi connectivity index (χ2v) is 10.4. The summed E-state index contributed by atoms with van der Waals surface area (Å²) in [4.78, 5) is 18.2. The molecular weight excluding hydrogens is 519 g/mol. The smallest absolute Gasteiger partial charge is 0.370 e. The predicted octanol–water partition coefficient (Wildman–Crippen LogP) is 7.18. The maximum Gasteiger partial charge on any atom is 0.400 e. The molecule has 4 nitrogen and oxygen atoms in total. The molecule has 2 aromatic carbocycles. The monoisotopic (exact) mass is 540 g/mol. The van der Waals surface area contributed by atoms with Gasteiger partial charge in [-0.3, -0.25) is 9.63 Å². The van der Waals surface area contributed by atoms with Crippen LogP contribution in [-0.4, -0.2) is 36.3 Å². The Morgan fingerprint density at radius 2 is 1.74 bits per heavy atom. The molecule has 0 N–H and O–H groups in total. The maximum absolute atomic E-state index is 14.8. The fourth-order valence-corrected chi connectivity index (χ4v) is 4.56. The fraction of sp³-hybridized carbons (Fsp3) is 0.435. The van der Waals surface area contributed by atoms with E-state index in [1.54, 1.807) is 20.8 Å². The van der Waals surface area contributed by atoms with Crippen molar-refractivity contribution in [1.29, 1.82) is 0 Å². The van der Waals surface area contributed by atoms with Crippen molar-refractivity contribution < 1.29 is 27.2 Å². The van der Waals surface area contributed by atoms with Gasteiger partial charge >= 0.3 is 6.18 Å². The van der Waals surface area contributed by atoms with E-state index in [0.29, 0.717) is 6.41 Å². The van der Waals surface area contributed by atoms with Crippen molar-refractivity contribution in [1.82, 2.24) is 5.06 Å². The first-order chi connectivity index (χ1) is 15.7. The van der Waals surface area contributed by atoms with Gasteiger partial charge in [-0.25, -0.2) is 9.45 Å². The van der Waals surface area contributed by atoms with Gasteiger partial charge in [-0.1, -0.05) is 40.9 Å². The lowest BCUT2D eigenvalue weighted by Gasteiger charge is -2.33. The Hall–Kier alpha value is -1.74. The van der Waals surface area contributed by atoms with Crippen LogP contribution in [0.1, 0.15) is 38.3 Å². The molecule has 0 aliphatic carbocycles. The lowest BCUT2D eigenvalue weighted by Crippen LogP contribution is -2.45. The summed E-state index contributed by atoms with van der Waals surface area (Å²) in [5.74, 6) is -0.663. The quantitative estimate of drug-likeness (QED) is 0.168. The molecule has 1 heterocycles. The molecule has 0 unspecified atom stereocenters. The van der Waals surface area contributed by atoms with E-state index in [2.05, 4.69) is 0 Å². The van der Waals surface area contributed by atoms with Crippen LogP contribution in [0.2, 0.25) is 15.1 Å². The number of halogens is 7. The van der Waals surface area contributed by atoms with E-state index in [0.717, 1.165) is 11.1 Å². The van der Waals surface area contributed by atoms with Crippen molar-refractivity contribution in [2.75, 3.05) is 18.0 Å². The van der Waals surface area contributed by atoms with E-state index in [-0.39, 0.29) is 51.4 Å². The minimum absolute atomic E-state index is 0.0169. The van der Waals surface area contributed by atoms with E-state index in [4.69, 9.17) is 39.6 Å². The van der Waals surface area contributed by atoms with Crippen molar-refractivity contribution in [3.05, 3.63) is 62.3 Å². The zero-order valence-corrected chi connectivity index (χ0v) is 20.9. The van der Waals surface area contributed by atoms with Crippen LogP contribution in [0.15, 0.2) is 30.3 Å². The second-order valence-electron chi connectivity index (χ2n) is 9.17. The average molecular weight is 542 g/mol. The molecule has 1 aliphatic rings. The summed E-state index contributed by atoms with van der Waals surface area (Å²) in [5, 5.41) is 0.811. The Morgan fingerprint density at radius 3 is 2.24 bits per heavy atom. The molecule has 1 atom stereocenters. The van der Waals surface area contributed by atoms with Crippen LogP contribution >= 0.6 is 34.8 Å². The Bertz CT molecular complexity index is 1050. The summed E-state index contributed by atoms with van der Waals surface area (Å²) in [5.41, 5.74) is -2.57. The third-order valence-corrected chi connectivity index (χ3v) is 6.78. The number of anilines is 1. The van der Waals surface area contributed by atoms with Crippen molar-refractivity contribution in [3.8, 4) is 0 Å². The van der Waals surface area contributed by atoms with Gasteiger partial charge in [-0.2, -0.15) is 13.2 Å². The Balaban J connectivity index is 1.88. The van der Waals surface area contributed by atoms with Gasteiger partial charge in [0, 0.05) is 24.3 Å². The van der Waals surface area contributed by atoms with Crippen molar-refractivity contribution in [2.45, 2.75) is 50.9 Å². The molecule has 0 spiro atoms. The van der Waals surface area contributed by atoms with Gasteiger partial charge in [-0.15, -0.1) is 0 Å². The first-order valence-electron chi connectivity index (χ1n) is 10.3. The third kappa shape index (κ3) is 5.56. The molecule has 2 aromatic rings. The van der Waals surface area contributed by atoms with Gasteiger partial charge in [0.2, 0.25) is 6.41 Å². The lowest BCUT2D eigenvalue weighted by atomic mass is 9.79. The SMILES string of the molecule is CC(C)(C)ON(C=O)Cc1ccc(N2CC[C@@](c3cc(Cl)c(Cl)c(Cl)c3)(C(F)(F)F)C2)cc1F. The summed E-state index contributed by atoms with van der Waals surface area (Å²) in [6, 6.07) is 6.46. The molecule has 11 heteroatoms. The van der Waals surface area contributed by atoms with Crippen LogP contribution in [0, 0.1) is 5.82 Å². The van der Waals surface area contributed by atoms with E-state index >= 15 is 0 Å². The van der Waals surface area contributed by atoms with Crippen LogP contribution in [0.3, 0.4) is 0 Å². The topological polar surface area (TPSA) is 32.8 Å². The maximum atomic E-state index is 14.8. The van der Waals surface area contributed by atoms with Gasteiger partial charge in [0.1, 0.15) is 11.2 Å². The van der Waals surface area contributed by atoms with Gasteiger partial charge in [0.15, 0.2) is 0 Å². The fourth-order valence-electron chi connectivity index (χ4n) is 3.96. The van der Waals surface area contributed by atoms with E-state index in [9.17, 15) is 22.4 Å². The number of alkyl halides is 3. The summed E-state index contributed by atoms with van der Waals surface area (Å²) in [6.45, 7) is 4.65. The highest BCUT2D eigenvalue weighted by Gasteiger charge is 2.59. The van der Waals surface area contributed by atoms with Crippen molar-refractivity contribution >= 4 is 46.9 Å². The Morgan fingerprint density at radius 1 is 1.12 bits per heavy atom. The molecule has 0 aromatic heterocycles. The molecule has 34 heavy (non-hydrogen) atoms.